The number of hydrogen-bond donors (Lipinski definition) is 2. The number of aromatic amines is 1. The van der Waals surface area contributed by atoms with Crippen LogP contribution in [0.15, 0.2) is 35.3 Å². The van der Waals surface area contributed by atoms with Gasteiger partial charge in [0.2, 0.25) is 5.91 Å². The van der Waals surface area contributed by atoms with Crippen molar-refractivity contribution in [3.05, 3.63) is 51.9 Å². The summed E-state index contributed by atoms with van der Waals surface area (Å²) >= 11 is 0. The third-order valence-corrected chi connectivity index (χ3v) is 5.53. The van der Waals surface area contributed by atoms with Crippen molar-refractivity contribution < 1.29 is 4.79 Å². The van der Waals surface area contributed by atoms with E-state index in [9.17, 15) is 9.59 Å². The van der Waals surface area contributed by atoms with Gasteiger partial charge >= 0.3 is 0 Å². The third kappa shape index (κ3) is 2.44. The van der Waals surface area contributed by atoms with Crippen molar-refractivity contribution in [3.63, 3.8) is 0 Å². The first-order valence-corrected chi connectivity index (χ1v) is 8.85. The van der Waals surface area contributed by atoms with Crippen LogP contribution < -0.4 is 10.9 Å². The van der Waals surface area contributed by atoms with Gasteiger partial charge in [0.1, 0.15) is 0 Å². The Balaban J connectivity index is 1.80. The summed E-state index contributed by atoms with van der Waals surface area (Å²) in [6.45, 7) is 4.55. The van der Waals surface area contributed by atoms with E-state index in [4.69, 9.17) is 0 Å². The number of aryl methyl sites for hydroxylation is 2. The van der Waals surface area contributed by atoms with Crippen LogP contribution in [0.5, 0.6) is 0 Å². The Morgan fingerprint density at radius 3 is 2.77 bits per heavy atom. The lowest BCUT2D eigenvalue weighted by Crippen LogP contribution is -2.49. The van der Waals surface area contributed by atoms with Crippen LogP contribution >= 0.6 is 0 Å². The van der Waals surface area contributed by atoms with Gasteiger partial charge in [0, 0.05) is 35.8 Å². The van der Waals surface area contributed by atoms with Gasteiger partial charge in [-0.25, -0.2) is 0 Å². The van der Waals surface area contributed by atoms with E-state index in [1.54, 1.807) is 6.07 Å². The summed E-state index contributed by atoms with van der Waals surface area (Å²) in [5.74, 6) is -0.0749. The minimum absolute atomic E-state index is 0.0749. The maximum atomic E-state index is 12.8. The SMILES string of the molecule is Cc1cc(-c2ccc([C@@]3(C)CCCNC3=O)c(=O)[nH]2)cc2c1cnn2C. The van der Waals surface area contributed by atoms with Crippen molar-refractivity contribution in [2.75, 3.05) is 6.54 Å². The van der Waals surface area contributed by atoms with Gasteiger partial charge in [-0.3, -0.25) is 14.3 Å². The van der Waals surface area contributed by atoms with Gasteiger partial charge in [-0.15, -0.1) is 0 Å². The second kappa shape index (κ2) is 5.83. The fourth-order valence-corrected chi connectivity index (χ4v) is 3.86. The molecule has 2 N–H and O–H groups in total. The highest BCUT2D eigenvalue weighted by Crippen LogP contribution is 2.31. The molecule has 0 spiro atoms. The van der Waals surface area contributed by atoms with Crippen molar-refractivity contribution >= 4 is 16.8 Å². The summed E-state index contributed by atoms with van der Waals surface area (Å²) in [5, 5.41) is 8.27. The maximum Gasteiger partial charge on any atom is 0.252 e. The van der Waals surface area contributed by atoms with Crippen LogP contribution in [0.4, 0.5) is 0 Å². The summed E-state index contributed by atoms with van der Waals surface area (Å²) in [6, 6.07) is 7.75. The van der Waals surface area contributed by atoms with Gasteiger partial charge in [0.25, 0.3) is 5.56 Å². The van der Waals surface area contributed by atoms with Gasteiger partial charge in [-0.1, -0.05) is 6.07 Å². The smallest absolute Gasteiger partial charge is 0.252 e. The normalized spacial score (nSPS) is 20.3. The number of H-pyrrole nitrogens is 1. The number of rotatable bonds is 2. The maximum absolute atomic E-state index is 12.8. The molecule has 0 radical (unpaired) electrons. The summed E-state index contributed by atoms with van der Waals surface area (Å²) in [4.78, 5) is 28.1. The minimum Gasteiger partial charge on any atom is -0.355 e. The molecule has 0 aliphatic carbocycles. The molecule has 6 nitrogen and oxygen atoms in total. The molecule has 1 fully saturated rings. The molecule has 1 saturated heterocycles. The Labute approximate surface area is 151 Å². The topological polar surface area (TPSA) is 79.8 Å². The highest BCUT2D eigenvalue weighted by atomic mass is 16.2. The number of nitrogens with zero attached hydrogens (tertiary/aromatic N) is 2. The molecule has 4 rings (SSSR count). The summed E-state index contributed by atoms with van der Waals surface area (Å²) < 4.78 is 1.83. The Hall–Kier alpha value is -2.89. The lowest BCUT2D eigenvalue weighted by Gasteiger charge is -2.32. The molecule has 0 unspecified atom stereocenters. The molecular weight excluding hydrogens is 328 g/mol. The van der Waals surface area contributed by atoms with Gasteiger partial charge in [-0.2, -0.15) is 5.10 Å². The zero-order chi connectivity index (χ0) is 18.5. The van der Waals surface area contributed by atoms with Gasteiger partial charge in [0.15, 0.2) is 0 Å². The predicted octanol–water partition coefficient (Wildman–Crippen LogP) is 2.40. The zero-order valence-corrected chi connectivity index (χ0v) is 15.2. The van der Waals surface area contributed by atoms with Crippen LogP contribution in [0, 0.1) is 6.92 Å². The molecule has 0 bridgehead atoms. The van der Waals surface area contributed by atoms with Crippen molar-refractivity contribution in [1.29, 1.82) is 0 Å². The molecule has 1 amide bonds. The van der Waals surface area contributed by atoms with Crippen LogP contribution in [0.3, 0.4) is 0 Å². The monoisotopic (exact) mass is 350 g/mol. The number of hydrogen-bond acceptors (Lipinski definition) is 3. The Morgan fingerprint density at radius 1 is 1.23 bits per heavy atom. The first-order chi connectivity index (χ1) is 12.4. The molecular formula is C20H22N4O2. The number of pyridine rings is 1. The number of carbonyl (C=O) groups is 1. The molecule has 1 atom stereocenters. The molecule has 0 saturated carbocycles. The van der Waals surface area contributed by atoms with Crippen LogP contribution in [-0.2, 0) is 17.3 Å². The predicted molar refractivity (Wildman–Crippen MR) is 101 cm³/mol. The van der Waals surface area contributed by atoms with E-state index in [1.807, 2.05) is 50.0 Å². The molecule has 3 heterocycles. The number of benzene rings is 1. The number of fused-ring (bicyclic) bond motifs is 1. The second-order valence-corrected chi connectivity index (χ2v) is 7.30. The number of carbonyl (C=O) groups excluding carboxylic acids is 1. The lowest BCUT2D eigenvalue weighted by molar-refractivity contribution is -0.128. The van der Waals surface area contributed by atoms with Gasteiger partial charge in [-0.05, 0) is 50.5 Å². The van der Waals surface area contributed by atoms with Crippen molar-refractivity contribution in [2.45, 2.75) is 32.1 Å². The van der Waals surface area contributed by atoms with Crippen LogP contribution in [-0.4, -0.2) is 27.2 Å². The summed E-state index contributed by atoms with van der Waals surface area (Å²) in [7, 11) is 1.90. The molecule has 134 valence electrons. The van der Waals surface area contributed by atoms with E-state index in [0.29, 0.717) is 18.5 Å². The number of aromatic nitrogens is 3. The van der Waals surface area contributed by atoms with E-state index < -0.39 is 5.41 Å². The highest BCUT2D eigenvalue weighted by molar-refractivity contribution is 5.89. The Kier molecular flexibility index (Phi) is 3.72. The standard InChI is InChI=1S/C20H22N4O2/c1-12-9-13(10-17-14(12)11-22-24(17)3)16-6-5-15(18(25)23-16)20(2)7-4-8-21-19(20)26/h5-6,9-11H,4,7-8H2,1-3H3,(H,21,26)(H,23,25)/t20-/m1/s1. The van der Waals surface area contributed by atoms with E-state index in [2.05, 4.69) is 15.4 Å². The Bertz CT molecular complexity index is 1080. The fraction of sp³-hybridized carbons (Fsp3) is 0.350. The van der Waals surface area contributed by atoms with E-state index in [0.717, 1.165) is 34.1 Å². The number of piperidine rings is 1. The molecule has 26 heavy (non-hydrogen) atoms. The van der Waals surface area contributed by atoms with Crippen LogP contribution in [0.25, 0.3) is 22.2 Å². The molecule has 3 aromatic rings. The lowest BCUT2D eigenvalue weighted by atomic mass is 9.76. The average molecular weight is 350 g/mol. The van der Waals surface area contributed by atoms with Crippen molar-refractivity contribution in [3.8, 4) is 11.3 Å². The van der Waals surface area contributed by atoms with Crippen LogP contribution in [0.1, 0.15) is 30.9 Å². The first-order valence-electron chi connectivity index (χ1n) is 8.85. The molecule has 2 aromatic heterocycles. The molecule has 1 aliphatic rings. The van der Waals surface area contributed by atoms with E-state index >= 15 is 0 Å². The Morgan fingerprint density at radius 2 is 2.04 bits per heavy atom. The van der Waals surface area contributed by atoms with Crippen LogP contribution in [0.2, 0.25) is 0 Å². The van der Waals surface area contributed by atoms with Crippen molar-refractivity contribution in [2.24, 2.45) is 7.05 Å². The number of amides is 1. The zero-order valence-electron chi connectivity index (χ0n) is 15.2. The quantitative estimate of drug-likeness (QED) is 0.745. The molecule has 1 aromatic carbocycles. The minimum atomic E-state index is -0.772. The first kappa shape index (κ1) is 16.6. The highest BCUT2D eigenvalue weighted by Gasteiger charge is 2.39. The summed E-state index contributed by atoms with van der Waals surface area (Å²) in [5.41, 5.74) is 3.34. The van der Waals surface area contributed by atoms with E-state index in [1.165, 1.54) is 0 Å². The average Bonchev–Trinajstić information content (AvgIpc) is 2.99. The largest absolute Gasteiger partial charge is 0.355 e. The van der Waals surface area contributed by atoms with E-state index in [-0.39, 0.29) is 11.5 Å². The molecule has 6 heteroatoms. The van der Waals surface area contributed by atoms with Gasteiger partial charge in [0.05, 0.1) is 17.1 Å². The fourth-order valence-electron chi connectivity index (χ4n) is 3.86. The third-order valence-electron chi connectivity index (χ3n) is 5.53. The van der Waals surface area contributed by atoms with Crippen molar-refractivity contribution in [1.82, 2.24) is 20.1 Å². The number of nitrogens with one attached hydrogen (secondary N) is 2. The summed E-state index contributed by atoms with van der Waals surface area (Å²) in [6.07, 6.45) is 3.41. The van der Waals surface area contributed by atoms with Gasteiger partial charge < -0.3 is 10.3 Å². The molecule has 1 aliphatic heterocycles. The second-order valence-electron chi connectivity index (χ2n) is 7.30.